The van der Waals surface area contributed by atoms with Gasteiger partial charge in [-0.2, -0.15) is 0 Å². The fourth-order valence-electron chi connectivity index (χ4n) is 3.32. The van der Waals surface area contributed by atoms with Crippen LogP contribution >= 0.6 is 11.3 Å². The van der Waals surface area contributed by atoms with Crippen molar-refractivity contribution in [2.75, 3.05) is 18.4 Å². The molecule has 0 aliphatic carbocycles. The number of likely N-dealkylation sites (tertiary alicyclic amines) is 1. The van der Waals surface area contributed by atoms with Crippen LogP contribution in [0.2, 0.25) is 0 Å². The van der Waals surface area contributed by atoms with Crippen molar-refractivity contribution in [1.82, 2.24) is 14.5 Å². The second-order valence-electron chi connectivity index (χ2n) is 6.87. The molecule has 1 aliphatic rings. The van der Waals surface area contributed by atoms with Crippen molar-refractivity contribution in [3.63, 3.8) is 0 Å². The molecule has 1 saturated heterocycles. The highest BCUT2D eigenvalue weighted by molar-refractivity contribution is 7.19. The van der Waals surface area contributed by atoms with E-state index in [1.165, 1.54) is 6.92 Å². The van der Waals surface area contributed by atoms with Crippen LogP contribution in [0.4, 0.5) is 5.82 Å². The molecule has 0 spiro atoms. The van der Waals surface area contributed by atoms with Gasteiger partial charge in [0, 0.05) is 61.1 Å². The molecule has 4 heterocycles. The number of hydrogen-bond acceptors (Lipinski definition) is 6. The molecule has 3 aromatic heterocycles. The number of aliphatic hydroxyl groups is 1. The number of thiophene rings is 1. The van der Waals surface area contributed by atoms with E-state index in [4.69, 9.17) is 0 Å². The Bertz CT molecular complexity index is 1080. The van der Waals surface area contributed by atoms with Crippen molar-refractivity contribution in [2.45, 2.75) is 19.6 Å². The Morgan fingerprint density at radius 2 is 2.19 bits per heavy atom. The third-order valence-electron chi connectivity index (χ3n) is 4.59. The molecule has 27 heavy (non-hydrogen) atoms. The molecule has 0 atom stereocenters. The zero-order valence-corrected chi connectivity index (χ0v) is 15.9. The van der Waals surface area contributed by atoms with Crippen LogP contribution in [0.5, 0.6) is 0 Å². The van der Waals surface area contributed by atoms with Crippen molar-refractivity contribution in [3.05, 3.63) is 45.8 Å². The SMILES string of the molecule is CC(=O)Nc1cc(-c2cn(C)c(=O)c3cc(CN4CC(O)C4)sc23)ccn1. The number of nitrogens with zero attached hydrogens (tertiary/aromatic N) is 3. The minimum atomic E-state index is -0.244. The van der Waals surface area contributed by atoms with Crippen molar-refractivity contribution < 1.29 is 9.90 Å². The number of carbonyl (C=O) groups excluding carboxylic acids is 1. The van der Waals surface area contributed by atoms with E-state index in [0.29, 0.717) is 24.3 Å². The molecule has 4 rings (SSSR count). The van der Waals surface area contributed by atoms with Crippen LogP contribution in [0.1, 0.15) is 11.8 Å². The molecule has 2 N–H and O–H groups in total. The van der Waals surface area contributed by atoms with Gasteiger partial charge in [0.05, 0.1) is 11.5 Å². The molecule has 7 nitrogen and oxygen atoms in total. The van der Waals surface area contributed by atoms with Gasteiger partial charge in [-0.3, -0.25) is 14.5 Å². The molecule has 140 valence electrons. The lowest BCUT2D eigenvalue weighted by Crippen LogP contribution is -2.49. The average Bonchev–Trinajstić information content (AvgIpc) is 3.00. The Kier molecular flexibility index (Phi) is 4.55. The van der Waals surface area contributed by atoms with Crippen LogP contribution in [-0.2, 0) is 18.4 Å². The first-order valence-electron chi connectivity index (χ1n) is 8.67. The molecule has 0 saturated carbocycles. The second-order valence-corrected chi connectivity index (χ2v) is 8.01. The predicted molar refractivity (Wildman–Crippen MR) is 106 cm³/mol. The number of nitrogens with one attached hydrogen (secondary N) is 1. The van der Waals surface area contributed by atoms with Gasteiger partial charge >= 0.3 is 0 Å². The Balaban J connectivity index is 1.78. The number of aliphatic hydroxyl groups excluding tert-OH is 1. The van der Waals surface area contributed by atoms with E-state index in [0.717, 1.165) is 27.2 Å². The van der Waals surface area contributed by atoms with Crippen LogP contribution in [0.15, 0.2) is 35.4 Å². The van der Waals surface area contributed by atoms with E-state index in [2.05, 4.69) is 15.2 Å². The largest absolute Gasteiger partial charge is 0.390 e. The smallest absolute Gasteiger partial charge is 0.259 e. The number of carbonyl (C=O) groups is 1. The lowest BCUT2D eigenvalue weighted by Gasteiger charge is -2.35. The maximum atomic E-state index is 12.6. The molecule has 3 aromatic rings. The van der Waals surface area contributed by atoms with Crippen LogP contribution in [-0.4, -0.2) is 44.7 Å². The third-order valence-corrected chi connectivity index (χ3v) is 5.75. The van der Waals surface area contributed by atoms with Crippen molar-refractivity contribution in [3.8, 4) is 11.1 Å². The second kappa shape index (κ2) is 6.88. The van der Waals surface area contributed by atoms with E-state index in [1.807, 2.05) is 24.4 Å². The van der Waals surface area contributed by atoms with Gasteiger partial charge in [-0.05, 0) is 23.8 Å². The first-order chi connectivity index (χ1) is 12.9. The van der Waals surface area contributed by atoms with Gasteiger partial charge in [-0.1, -0.05) is 0 Å². The number of fused-ring (bicyclic) bond motifs is 1. The summed E-state index contributed by atoms with van der Waals surface area (Å²) in [4.78, 5) is 31.3. The van der Waals surface area contributed by atoms with Gasteiger partial charge < -0.3 is 15.0 Å². The van der Waals surface area contributed by atoms with Crippen LogP contribution in [0, 0.1) is 0 Å². The number of aryl methyl sites for hydroxylation is 1. The van der Waals surface area contributed by atoms with Gasteiger partial charge in [-0.15, -0.1) is 11.3 Å². The summed E-state index contributed by atoms with van der Waals surface area (Å²) < 4.78 is 2.51. The van der Waals surface area contributed by atoms with Gasteiger partial charge in [0.15, 0.2) is 0 Å². The number of aromatic nitrogens is 2. The Morgan fingerprint density at radius 3 is 2.89 bits per heavy atom. The summed E-state index contributed by atoms with van der Waals surface area (Å²) in [5.74, 6) is 0.300. The van der Waals surface area contributed by atoms with Crippen LogP contribution in [0.25, 0.3) is 21.2 Å². The van der Waals surface area contributed by atoms with E-state index < -0.39 is 0 Å². The maximum Gasteiger partial charge on any atom is 0.259 e. The molecular formula is C19H20N4O3S. The highest BCUT2D eigenvalue weighted by atomic mass is 32.1. The molecule has 0 aromatic carbocycles. The van der Waals surface area contributed by atoms with E-state index in [9.17, 15) is 14.7 Å². The Labute approximate surface area is 159 Å². The fourth-order valence-corrected chi connectivity index (χ4v) is 4.55. The standard InChI is InChI=1S/C19H20N4O3S/c1-11(24)21-17-5-12(3-4-20-17)16-10-22(2)19(26)15-6-14(27-18(15)16)9-23-7-13(25)8-23/h3-6,10,13,25H,7-9H2,1-2H3,(H,20,21,24). The maximum absolute atomic E-state index is 12.6. The van der Waals surface area contributed by atoms with Gasteiger partial charge in [0.1, 0.15) is 5.82 Å². The summed E-state index contributed by atoms with van der Waals surface area (Å²) >= 11 is 1.60. The van der Waals surface area contributed by atoms with E-state index >= 15 is 0 Å². The number of rotatable bonds is 4. The third kappa shape index (κ3) is 3.51. The molecule has 0 bridgehead atoms. The highest BCUT2D eigenvalue weighted by Crippen LogP contribution is 2.34. The number of amides is 1. The van der Waals surface area contributed by atoms with Gasteiger partial charge in [-0.25, -0.2) is 4.98 Å². The van der Waals surface area contributed by atoms with Crippen LogP contribution in [0.3, 0.4) is 0 Å². The summed E-state index contributed by atoms with van der Waals surface area (Å²) in [6.45, 7) is 3.51. The monoisotopic (exact) mass is 384 g/mol. The topological polar surface area (TPSA) is 87.5 Å². The summed E-state index contributed by atoms with van der Waals surface area (Å²) in [6, 6.07) is 5.63. The molecule has 0 radical (unpaired) electrons. The fraction of sp³-hybridized carbons (Fsp3) is 0.316. The van der Waals surface area contributed by atoms with Gasteiger partial charge in [0.2, 0.25) is 5.91 Å². The van der Waals surface area contributed by atoms with E-state index in [-0.39, 0.29) is 17.6 Å². The lowest BCUT2D eigenvalue weighted by atomic mass is 10.1. The molecule has 0 unspecified atom stereocenters. The molecule has 1 fully saturated rings. The summed E-state index contributed by atoms with van der Waals surface area (Å²) in [5, 5.41) is 12.9. The average molecular weight is 384 g/mol. The summed E-state index contributed by atoms with van der Waals surface area (Å²) in [6.07, 6.45) is 3.23. The first kappa shape index (κ1) is 17.8. The normalized spacial score (nSPS) is 15.1. The first-order valence-corrected chi connectivity index (χ1v) is 9.49. The zero-order chi connectivity index (χ0) is 19.1. The molecule has 1 aliphatic heterocycles. The minimum absolute atomic E-state index is 0.0314. The summed E-state index contributed by atoms with van der Waals surface area (Å²) in [5.41, 5.74) is 1.79. The quantitative estimate of drug-likeness (QED) is 0.716. The van der Waals surface area contributed by atoms with Crippen molar-refractivity contribution >= 4 is 33.1 Å². The molecule has 8 heteroatoms. The van der Waals surface area contributed by atoms with Crippen molar-refractivity contribution in [2.24, 2.45) is 7.05 Å². The minimum Gasteiger partial charge on any atom is -0.390 e. The number of anilines is 1. The highest BCUT2D eigenvalue weighted by Gasteiger charge is 2.25. The summed E-state index contributed by atoms with van der Waals surface area (Å²) in [7, 11) is 1.74. The number of pyridine rings is 2. The molecular weight excluding hydrogens is 364 g/mol. The zero-order valence-electron chi connectivity index (χ0n) is 15.1. The Hall–Kier alpha value is -2.55. The molecule has 1 amide bonds. The lowest BCUT2D eigenvalue weighted by molar-refractivity contribution is -0.114. The predicted octanol–water partition coefficient (Wildman–Crippen LogP) is 1.80. The Morgan fingerprint density at radius 1 is 1.41 bits per heavy atom. The van der Waals surface area contributed by atoms with Crippen LogP contribution < -0.4 is 10.9 Å². The number of β-amino-alcohol motifs (C(OH)–C–C–N with tert-alkyl or cyclic N) is 1. The van der Waals surface area contributed by atoms with E-state index in [1.54, 1.807) is 29.1 Å². The van der Waals surface area contributed by atoms with Crippen molar-refractivity contribution in [1.29, 1.82) is 0 Å². The van der Waals surface area contributed by atoms with Gasteiger partial charge in [0.25, 0.3) is 5.56 Å². The number of hydrogen-bond donors (Lipinski definition) is 2.